The van der Waals surface area contributed by atoms with Crippen molar-refractivity contribution in [3.05, 3.63) is 72.8 Å². The molecule has 152 valence electrons. The molecular weight excluding hydrogens is 392 g/mol. The molecule has 0 atom stereocenters. The van der Waals surface area contributed by atoms with Gasteiger partial charge in [-0.05, 0) is 34.0 Å². The standard InChI is InChI=1S/C23H24N6S/c1-2-9-20(10-3-1)29-23(24-25-26-29)30-18-17-27-13-15-28(16-14-27)22-12-6-8-19-7-4-5-11-21(19)22/h1-12H,13-18H2. The molecular formula is C23H24N6S. The lowest BCUT2D eigenvalue weighted by Gasteiger charge is -2.36. The minimum absolute atomic E-state index is 0.843. The molecule has 0 spiro atoms. The summed E-state index contributed by atoms with van der Waals surface area (Å²) in [5.74, 6) is 0.974. The van der Waals surface area contributed by atoms with Crippen LogP contribution in [0.4, 0.5) is 5.69 Å². The van der Waals surface area contributed by atoms with Gasteiger partial charge in [0.05, 0.1) is 5.69 Å². The number of anilines is 1. The van der Waals surface area contributed by atoms with Crippen LogP contribution in [0.25, 0.3) is 16.5 Å². The molecule has 1 fully saturated rings. The summed E-state index contributed by atoms with van der Waals surface area (Å²) in [4.78, 5) is 5.05. The number of para-hydroxylation sites is 1. The molecule has 0 unspecified atom stereocenters. The number of aromatic nitrogens is 4. The third kappa shape index (κ3) is 4.04. The van der Waals surface area contributed by atoms with E-state index >= 15 is 0 Å². The zero-order valence-corrected chi connectivity index (χ0v) is 17.6. The lowest BCUT2D eigenvalue weighted by atomic mass is 10.1. The Morgan fingerprint density at radius 3 is 2.43 bits per heavy atom. The second-order valence-electron chi connectivity index (χ2n) is 7.38. The van der Waals surface area contributed by atoms with Gasteiger partial charge in [-0.15, -0.1) is 5.10 Å². The monoisotopic (exact) mass is 416 g/mol. The molecule has 6 nitrogen and oxygen atoms in total. The second-order valence-corrected chi connectivity index (χ2v) is 8.45. The van der Waals surface area contributed by atoms with Crippen molar-refractivity contribution in [1.82, 2.24) is 25.1 Å². The van der Waals surface area contributed by atoms with Gasteiger partial charge in [-0.25, -0.2) is 0 Å². The maximum absolute atomic E-state index is 4.19. The number of fused-ring (bicyclic) bond motifs is 1. The topological polar surface area (TPSA) is 50.1 Å². The van der Waals surface area contributed by atoms with E-state index < -0.39 is 0 Å². The van der Waals surface area contributed by atoms with Gasteiger partial charge < -0.3 is 4.90 Å². The number of nitrogens with zero attached hydrogens (tertiary/aromatic N) is 6. The van der Waals surface area contributed by atoms with Gasteiger partial charge in [0.25, 0.3) is 0 Å². The minimum atomic E-state index is 0.843. The van der Waals surface area contributed by atoms with Crippen LogP contribution in [-0.4, -0.2) is 63.6 Å². The second kappa shape index (κ2) is 8.85. The van der Waals surface area contributed by atoms with Crippen LogP contribution in [0.1, 0.15) is 0 Å². The van der Waals surface area contributed by atoms with Gasteiger partial charge in [-0.1, -0.05) is 66.4 Å². The number of hydrogen-bond acceptors (Lipinski definition) is 6. The number of tetrazole rings is 1. The summed E-state index contributed by atoms with van der Waals surface area (Å²) in [5.41, 5.74) is 2.35. The maximum Gasteiger partial charge on any atom is 0.214 e. The summed E-state index contributed by atoms with van der Waals surface area (Å²) in [7, 11) is 0. The van der Waals surface area contributed by atoms with Crippen LogP contribution >= 0.6 is 11.8 Å². The van der Waals surface area contributed by atoms with Crippen molar-refractivity contribution in [2.75, 3.05) is 43.4 Å². The summed E-state index contributed by atoms with van der Waals surface area (Å²) in [6.07, 6.45) is 0. The van der Waals surface area contributed by atoms with E-state index in [9.17, 15) is 0 Å². The highest BCUT2D eigenvalue weighted by Gasteiger charge is 2.19. The van der Waals surface area contributed by atoms with Crippen molar-refractivity contribution < 1.29 is 0 Å². The zero-order chi connectivity index (χ0) is 20.2. The van der Waals surface area contributed by atoms with Crippen LogP contribution in [0.2, 0.25) is 0 Å². The summed E-state index contributed by atoms with van der Waals surface area (Å²) in [6.45, 7) is 5.30. The van der Waals surface area contributed by atoms with Crippen LogP contribution in [-0.2, 0) is 0 Å². The molecule has 1 aromatic heterocycles. The largest absolute Gasteiger partial charge is 0.368 e. The number of benzene rings is 3. The summed E-state index contributed by atoms with van der Waals surface area (Å²) < 4.78 is 1.81. The quantitative estimate of drug-likeness (QED) is 0.447. The van der Waals surface area contributed by atoms with Gasteiger partial charge in [0.2, 0.25) is 5.16 Å². The van der Waals surface area contributed by atoms with Gasteiger partial charge in [-0.2, -0.15) is 4.68 Å². The van der Waals surface area contributed by atoms with Gasteiger partial charge >= 0.3 is 0 Å². The van der Waals surface area contributed by atoms with Crippen LogP contribution in [0.15, 0.2) is 78.0 Å². The van der Waals surface area contributed by atoms with Crippen molar-refractivity contribution in [2.45, 2.75) is 5.16 Å². The molecule has 0 amide bonds. The Morgan fingerprint density at radius 1 is 0.800 bits per heavy atom. The first-order valence-electron chi connectivity index (χ1n) is 10.3. The van der Waals surface area contributed by atoms with Crippen LogP contribution in [0, 0.1) is 0 Å². The van der Waals surface area contributed by atoms with E-state index in [1.165, 1.54) is 16.5 Å². The molecule has 0 bridgehead atoms. The summed E-state index contributed by atoms with van der Waals surface area (Å²) >= 11 is 1.71. The molecule has 0 aliphatic carbocycles. The molecule has 0 radical (unpaired) electrons. The first-order valence-corrected chi connectivity index (χ1v) is 11.3. The Labute approximate surface area is 180 Å². The first-order chi connectivity index (χ1) is 14.9. The van der Waals surface area contributed by atoms with Gasteiger partial charge in [0.15, 0.2) is 0 Å². The van der Waals surface area contributed by atoms with Crippen molar-refractivity contribution in [3.8, 4) is 5.69 Å². The Kier molecular flexibility index (Phi) is 5.63. The van der Waals surface area contributed by atoms with E-state index in [0.29, 0.717) is 0 Å². The normalized spacial score (nSPS) is 15.0. The molecule has 4 aromatic rings. The molecule has 7 heteroatoms. The third-order valence-electron chi connectivity index (χ3n) is 5.56. The third-order valence-corrected chi connectivity index (χ3v) is 6.46. The number of hydrogen-bond donors (Lipinski definition) is 0. The molecule has 30 heavy (non-hydrogen) atoms. The highest BCUT2D eigenvalue weighted by Crippen LogP contribution is 2.27. The maximum atomic E-state index is 4.19. The highest BCUT2D eigenvalue weighted by atomic mass is 32.2. The van der Waals surface area contributed by atoms with Crippen molar-refractivity contribution in [2.24, 2.45) is 0 Å². The lowest BCUT2D eigenvalue weighted by molar-refractivity contribution is 0.273. The SMILES string of the molecule is c1ccc(-n2nnnc2SCCN2CCN(c3cccc4ccccc34)CC2)cc1. The average molecular weight is 417 g/mol. The summed E-state index contributed by atoms with van der Waals surface area (Å²) in [5, 5.41) is 15.7. The molecule has 1 saturated heterocycles. The Bertz CT molecular complexity index is 1100. The Balaban J connectivity index is 1.16. The fourth-order valence-corrected chi connectivity index (χ4v) is 4.85. The molecule has 3 aromatic carbocycles. The van der Waals surface area contributed by atoms with Crippen molar-refractivity contribution >= 4 is 28.2 Å². The molecule has 1 aliphatic rings. The molecule has 5 rings (SSSR count). The van der Waals surface area contributed by atoms with Crippen LogP contribution < -0.4 is 4.90 Å². The Hall–Kier alpha value is -2.90. The highest BCUT2D eigenvalue weighted by molar-refractivity contribution is 7.99. The van der Waals surface area contributed by atoms with Crippen LogP contribution in [0.3, 0.4) is 0 Å². The number of rotatable bonds is 6. The molecule has 0 saturated carbocycles. The smallest absolute Gasteiger partial charge is 0.214 e. The zero-order valence-electron chi connectivity index (χ0n) is 16.8. The minimum Gasteiger partial charge on any atom is -0.368 e. The first kappa shape index (κ1) is 19.1. The fraction of sp³-hybridized carbons (Fsp3) is 0.261. The molecule has 2 heterocycles. The van der Waals surface area contributed by atoms with E-state index in [2.05, 4.69) is 67.8 Å². The van der Waals surface area contributed by atoms with E-state index in [4.69, 9.17) is 0 Å². The van der Waals surface area contributed by atoms with E-state index in [0.717, 1.165) is 49.3 Å². The fourth-order valence-electron chi connectivity index (χ4n) is 3.96. The van der Waals surface area contributed by atoms with Crippen LogP contribution in [0.5, 0.6) is 0 Å². The van der Waals surface area contributed by atoms with Crippen molar-refractivity contribution in [1.29, 1.82) is 0 Å². The van der Waals surface area contributed by atoms with E-state index in [1.54, 1.807) is 11.8 Å². The predicted octanol–water partition coefficient (Wildman–Crippen LogP) is 3.73. The van der Waals surface area contributed by atoms with E-state index in [1.807, 2.05) is 35.0 Å². The average Bonchev–Trinajstić information content (AvgIpc) is 3.28. The van der Waals surface area contributed by atoms with E-state index in [-0.39, 0.29) is 0 Å². The number of thioether (sulfide) groups is 1. The van der Waals surface area contributed by atoms with Gasteiger partial charge in [0.1, 0.15) is 0 Å². The predicted molar refractivity (Wildman–Crippen MR) is 122 cm³/mol. The molecule has 1 aliphatic heterocycles. The summed E-state index contributed by atoms with van der Waals surface area (Å²) in [6, 6.07) is 25.3. The Morgan fingerprint density at radius 2 is 1.57 bits per heavy atom. The lowest BCUT2D eigenvalue weighted by Crippen LogP contribution is -2.47. The van der Waals surface area contributed by atoms with Gasteiger partial charge in [0, 0.05) is 49.6 Å². The van der Waals surface area contributed by atoms with Gasteiger partial charge in [-0.3, -0.25) is 4.90 Å². The number of piperazine rings is 1. The molecule has 0 N–H and O–H groups in total. The van der Waals surface area contributed by atoms with Crippen molar-refractivity contribution in [3.63, 3.8) is 0 Å².